The molecule has 5 nitrogen and oxygen atoms in total. The van der Waals surface area contributed by atoms with Gasteiger partial charge in [-0.3, -0.25) is 4.79 Å². The Morgan fingerprint density at radius 2 is 2.06 bits per heavy atom. The van der Waals surface area contributed by atoms with Crippen LogP contribution in [0.2, 0.25) is 0 Å². The number of hydrogen-bond acceptors (Lipinski definition) is 4. The van der Waals surface area contributed by atoms with Gasteiger partial charge in [-0.05, 0) is 24.1 Å². The van der Waals surface area contributed by atoms with Crippen molar-refractivity contribution in [1.82, 2.24) is 0 Å². The number of rotatable bonds is 4. The summed E-state index contributed by atoms with van der Waals surface area (Å²) in [7, 11) is 1.36. The van der Waals surface area contributed by atoms with Crippen molar-refractivity contribution < 1.29 is 24.9 Å². The van der Waals surface area contributed by atoms with Crippen LogP contribution in [0.25, 0.3) is 0 Å². The Balaban J connectivity index is 2.98. The van der Waals surface area contributed by atoms with Gasteiger partial charge in [-0.2, -0.15) is 0 Å². The highest BCUT2D eigenvalue weighted by Crippen LogP contribution is 2.36. The molecule has 0 amide bonds. The third-order valence-electron chi connectivity index (χ3n) is 2.30. The van der Waals surface area contributed by atoms with Gasteiger partial charge in [0.15, 0.2) is 11.5 Å². The molecule has 1 unspecified atom stereocenters. The summed E-state index contributed by atoms with van der Waals surface area (Å²) in [6.45, 7) is 1.57. The first-order valence-corrected chi connectivity index (χ1v) is 4.77. The van der Waals surface area contributed by atoms with Crippen molar-refractivity contribution in [2.24, 2.45) is 5.92 Å². The van der Waals surface area contributed by atoms with E-state index in [4.69, 9.17) is 9.84 Å². The standard InChI is InChI=1S/C11H14O5/c1-6(11(14)15)3-7-4-8(12)10(13)9(5-7)16-2/h4-6,12-13H,3H2,1-2H3,(H,14,15). The zero-order chi connectivity index (χ0) is 12.3. The molecule has 0 aliphatic carbocycles. The van der Waals surface area contributed by atoms with E-state index in [0.717, 1.165) is 0 Å². The number of aliphatic carboxylic acids is 1. The van der Waals surface area contributed by atoms with Crippen LogP contribution >= 0.6 is 0 Å². The van der Waals surface area contributed by atoms with E-state index in [1.807, 2.05) is 0 Å². The molecule has 1 atom stereocenters. The lowest BCUT2D eigenvalue weighted by atomic mass is 10.0. The Kier molecular flexibility index (Phi) is 3.60. The molecular formula is C11H14O5. The van der Waals surface area contributed by atoms with E-state index in [-0.39, 0.29) is 23.7 Å². The van der Waals surface area contributed by atoms with Gasteiger partial charge in [0, 0.05) is 0 Å². The van der Waals surface area contributed by atoms with Crippen LogP contribution in [-0.4, -0.2) is 28.4 Å². The molecule has 1 rings (SSSR count). The van der Waals surface area contributed by atoms with Gasteiger partial charge in [0.05, 0.1) is 13.0 Å². The first-order chi connectivity index (χ1) is 7.45. The summed E-state index contributed by atoms with van der Waals surface area (Å²) in [6, 6.07) is 2.84. The summed E-state index contributed by atoms with van der Waals surface area (Å²) in [5, 5.41) is 27.5. The molecule has 0 aliphatic rings. The molecule has 0 bridgehead atoms. The number of aromatic hydroxyl groups is 2. The van der Waals surface area contributed by atoms with Gasteiger partial charge in [0.1, 0.15) is 0 Å². The summed E-state index contributed by atoms with van der Waals surface area (Å²) >= 11 is 0. The molecule has 0 heterocycles. The highest BCUT2D eigenvalue weighted by molar-refractivity contribution is 5.70. The Morgan fingerprint density at radius 1 is 1.44 bits per heavy atom. The van der Waals surface area contributed by atoms with E-state index in [1.165, 1.54) is 19.2 Å². The third-order valence-corrected chi connectivity index (χ3v) is 2.30. The number of carboxylic acids is 1. The Morgan fingerprint density at radius 3 is 2.56 bits per heavy atom. The highest BCUT2D eigenvalue weighted by atomic mass is 16.5. The maximum Gasteiger partial charge on any atom is 0.306 e. The molecule has 0 saturated heterocycles. The molecule has 0 saturated carbocycles. The fraction of sp³-hybridized carbons (Fsp3) is 0.364. The predicted octanol–water partition coefficient (Wildman–Crippen LogP) is 1.37. The van der Waals surface area contributed by atoms with E-state index < -0.39 is 11.9 Å². The number of carboxylic acid groups (broad SMARTS) is 1. The summed E-state index contributed by atoms with van der Waals surface area (Å²) in [6.07, 6.45) is 0.263. The number of phenols is 2. The largest absolute Gasteiger partial charge is 0.504 e. The van der Waals surface area contributed by atoms with Crippen molar-refractivity contribution >= 4 is 5.97 Å². The lowest BCUT2D eigenvalue weighted by Gasteiger charge is -2.10. The fourth-order valence-corrected chi connectivity index (χ4v) is 1.36. The van der Waals surface area contributed by atoms with E-state index in [2.05, 4.69) is 0 Å². The SMILES string of the molecule is COc1cc(CC(C)C(=O)O)cc(O)c1O. The van der Waals surface area contributed by atoms with E-state index >= 15 is 0 Å². The van der Waals surface area contributed by atoms with Gasteiger partial charge < -0.3 is 20.1 Å². The van der Waals surface area contributed by atoms with E-state index in [0.29, 0.717) is 5.56 Å². The summed E-state index contributed by atoms with van der Waals surface area (Å²) in [4.78, 5) is 10.7. The quantitative estimate of drug-likeness (QED) is 0.675. The van der Waals surface area contributed by atoms with Crippen LogP contribution in [0, 0.1) is 5.92 Å². The van der Waals surface area contributed by atoms with Gasteiger partial charge in [0.25, 0.3) is 0 Å². The summed E-state index contributed by atoms with van der Waals surface area (Å²) < 4.78 is 4.85. The van der Waals surface area contributed by atoms with Gasteiger partial charge >= 0.3 is 5.97 Å². The van der Waals surface area contributed by atoms with Gasteiger partial charge in [-0.15, -0.1) is 0 Å². The number of carbonyl (C=O) groups is 1. The molecule has 1 aromatic carbocycles. The normalized spacial score (nSPS) is 12.1. The molecule has 0 aromatic heterocycles. The first kappa shape index (κ1) is 12.2. The number of benzene rings is 1. The maximum absolute atomic E-state index is 10.7. The highest BCUT2D eigenvalue weighted by Gasteiger charge is 2.15. The van der Waals surface area contributed by atoms with Gasteiger partial charge in [-0.25, -0.2) is 0 Å². The van der Waals surface area contributed by atoms with Crippen LogP contribution in [0.5, 0.6) is 17.2 Å². The fourth-order valence-electron chi connectivity index (χ4n) is 1.36. The lowest BCUT2D eigenvalue weighted by molar-refractivity contribution is -0.141. The lowest BCUT2D eigenvalue weighted by Crippen LogP contribution is -2.12. The average molecular weight is 226 g/mol. The molecule has 1 aromatic rings. The zero-order valence-electron chi connectivity index (χ0n) is 9.10. The van der Waals surface area contributed by atoms with Crippen molar-refractivity contribution in [3.8, 4) is 17.2 Å². The number of hydrogen-bond donors (Lipinski definition) is 3. The molecule has 88 valence electrons. The van der Waals surface area contributed by atoms with Crippen LogP contribution in [0.3, 0.4) is 0 Å². The Bertz CT molecular complexity index is 400. The minimum atomic E-state index is -0.911. The summed E-state index contributed by atoms with van der Waals surface area (Å²) in [5.41, 5.74) is 0.599. The zero-order valence-corrected chi connectivity index (χ0v) is 9.10. The molecule has 0 aliphatic heterocycles. The monoisotopic (exact) mass is 226 g/mol. The average Bonchev–Trinajstić information content (AvgIpc) is 2.22. The second kappa shape index (κ2) is 4.74. The molecule has 0 radical (unpaired) electrons. The Hall–Kier alpha value is -1.91. The topological polar surface area (TPSA) is 87.0 Å². The number of ether oxygens (including phenoxy) is 1. The molecule has 5 heteroatoms. The molecular weight excluding hydrogens is 212 g/mol. The van der Waals surface area contributed by atoms with Crippen LogP contribution in [-0.2, 0) is 11.2 Å². The number of phenolic OH excluding ortho intramolecular Hbond substituents is 2. The molecule has 3 N–H and O–H groups in total. The third kappa shape index (κ3) is 2.56. The number of methoxy groups -OCH3 is 1. The van der Waals surface area contributed by atoms with E-state index in [9.17, 15) is 15.0 Å². The molecule has 16 heavy (non-hydrogen) atoms. The van der Waals surface area contributed by atoms with Crippen LogP contribution < -0.4 is 4.74 Å². The second-order valence-electron chi connectivity index (χ2n) is 3.61. The van der Waals surface area contributed by atoms with Crippen LogP contribution in [0.4, 0.5) is 0 Å². The predicted molar refractivity (Wildman–Crippen MR) is 56.8 cm³/mol. The van der Waals surface area contributed by atoms with Crippen molar-refractivity contribution in [2.75, 3.05) is 7.11 Å². The van der Waals surface area contributed by atoms with Crippen molar-refractivity contribution in [1.29, 1.82) is 0 Å². The van der Waals surface area contributed by atoms with Crippen molar-refractivity contribution in [2.45, 2.75) is 13.3 Å². The smallest absolute Gasteiger partial charge is 0.306 e. The minimum Gasteiger partial charge on any atom is -0.504 e. The van der Waals surface area contributed by atoms with E-state index in [1.54, 1.807) is 6.92 Å². The van der Waals surface area contributed by atoms with Crippen molar-refractivity contribution in [3.05, 3.63) is 17.7 Å². The van der Waals surface area contributed by atoms with Crippen LogP contribution in [0.1, 0.15) is 12.5 Å². The minimum absolute atomic E-state index is 0.132. The molecule has 0 fully saturated rings. The van der Waals surface area contributed by atoms with Crippen molar-refractivity contribution in [3.63, 3.8) is 0 Å². The molecule has 0 spiro atoms. The second-order valence-corrected chi connectivity index (χ2v) is 3.61. The van der Waals surface area contributed by atoms with Crippen LogP contribution in [0.15, 0.2) is 12.1 Å². The van der Waals surface area contributed by atoms with Gasteiger partial charge in [-0.1, -0.05) is 6.92 Å². The maximum atomic E-state index is 10.7. The Labute approximate surface area is 92.9 Å². The van der Waals surface area contributed by atoms with Gasteiger partial charge in [0.2, 0.25) is 5.75 Å². The first-order valence-electron chi connectivity index (χ1n) is 4.77. The summed E-state index contributed by atoms with van der Waals surface area (Å²) in [5.74, 6) is -1.99.